The number of hydrogen-bond acceptors (Lipinski definition) is 2. The Kier molecular flexibility index (Phi) is 5.09. The highest BCUT2D eigenvalue weighted by molar-refractivity contribution is 9.10. The monoisotopic (exact) mass is 349 g/mol. The van der Waals surface area contributed by atoms with Gasteiger partial charge >= 0.3 is 0 Å². The lowest BCUT2D eigenvalue weighted by atomic mass is 10.1. The van der Waals surface area contributed by atoms with Crippen LogP contribution in [-0.2, 0) is 6.54 Å². The lowest BCUT2D eigenvalue weighted by Crippen LogP contribution is -2.28. The van der Waals surface area contributed by atoms with Gasteiger partial charge in [-0.25, -0.2) is 0 Å². The molecule has 0 fully saturated rings. The molecule has 5 heteroatoms. The Bertz CT molecular complexity index is 591. The SMILES string of the molecule is Cc1cc(Br)cc(C)c1NC(=S)NCc1ccccn1. The molecule has 0 amide bonds. The van der Waals surface area contributed by atoms with Crippen LogP contribution < -0.4 is 10.6 Å². The second-order valence-corrected chi connectivity index (χ2v) is 5.87. The van der Waals surface area contributed by atoms with Gasteiger partial charge in [-0.15, -0.1) is 0 Å². The summed E-state index contributed by atoms with van der Waals surface area (Å²) in [6.45, 7) is 4.73. The lowest BCUT2D eigenvalue weighted by Gasteiger charge is -2.15. The quantitative estimate of drug-likeness (QED) is 0.822. The van der Waals surface area contributed by atoms with Crippen LogP contribution >= 0.6 is 28.1 Å². The molecule has 2 N–H and O–H groups in total. The predicted octanol–water partition coefficient (Wildman–Crippen LogP) is 3.95. The topological polar surface area (TPSA) is 37.0 Å². The molecule has 0 aliphatic heterocycles. The van der Waals surface area contributed by atoms with Crippen molar-refractivity contribution in [3.05, 3.63) is 57.8 Å². The minimum atomic E-state index is 0.601. The van der Waals surface area contributed by atoms with Crippen molar-refractivity contribution in [1.82, 2.24) is 10.3 Å². The van der Waals surface area contributed by atoms with Crippen molar-refractivity contribution in [1.29, 1.82) is 0 Å². The summed E-state index contributed by atoms with van der Waals surface area (Å²) < 4.78 is 1.07. The fourth-order valence-electron chi connectivity index (χ4n) is 1.94. The molecule has 0 aliphatic carbocycles. The van der Waals surface area contributed by atoms with Crippen LogP contribution in [-0.4, -0.2) is 10.1 Å². The summed E-state index contributed by atoms with van der Waals surface area (Å²) >= 11 is 8.82. The number of benzene rings is 1. The van der Waals surface area contributed by atoms with Crippen LogP contribution in [0.1, 0.15) is 16.8 Å². The van der Waals surface area contributed by atoms with Gasteiger partial charge in [0.25, 0.3) is 0 Å². The standard InChI is InChI=1S/C15H16BrN3S/c1-10-7-12(16)8-11(2)14(10)19-15(20)18-9-13-5-3-4-6-17-13/h3-8H,9H2,1-2H3,(H2,18,19,20). The van der Waals surface area contributed by atoms with Crippen molar-refractivity contribution in [2.45, 2.75) is 20.4 Å². The number of nitrogens with zero attached hydrogens (tertiary/aromatic N) is 1. The Balaban J connectivity index is 1.98. The molecule has 0 saturated heterocycles. The van der Waals surface area contributed by atoms with Crippen molar-refractivity contribution in [2.75, 3.05) is 5.32 Å². The molecule has 1 heterocycles. The molecular weight excluding hydrogens is 334 g/mol. The number of aryl methyl sites for hydroxylation is 2. The van der Waals surface area contributed by atoms with Crippen LogP contribution in [0.3, 0.4) is 0 Å². The van der Waals surface area contributed by atoms with Crippen LogP contribution in [0.5, 0.6) is 0 Å². The Morgan fingerprint density at radius 1 is 1.25 bits per heavy atom. The van der Waals surface area contributed by atoms with Crippen molar-refractivity contribution >= 4 is 38.9 Å². The zero-order valence-corrected chi connectivity index (χ0v) is 13.8. The summed E-state index contributed by atoms with van der Waals surface area (Å²) in [4.78, 5) is 4.25. The molecule has 104 valence electrons. The summed E-state index contributed by atoms with van der Waals surface area (Å²) in [5.41, 5.74) is 4.31. The van der Waals surface area contributed by atoms with Crippen molar-refractivity contribution in [3.8, 4) is 0 Å². The van der Waals surface area contributed by atoms with E-state index in [9.17, 15) is 0 Å². The van der Waals surface area contributed by atoms with Crippen LogP contribution in [0, 0.1) is 13.8 Å². The molecule has 0 spiro atoms. The zero-order valence-electron chi connectivity index (χ0n) is 11.4. The molecule has 20 heavy (non-hydrogen) atoms. The van der Waals surface area contributed by atoms with E-state index in [1.54, 1.807) is 6.20 Å². The Hall–Kier alpha value is -1.46. The molecular formula is C15H16BrN3S. The summed E-state index contributed by atoms with van der Waals surface area (Å²) in [6, 6.07) is 9.96. The number of hydrogen-bond donors (Lipinski definition) is 2. The number of thiocarbonyl (C=S) groups is 1. The maximum Gasteiger partial charge on any atom is 0.171 e. The Morgan fingerprint density at radius 2 is 1.95 bits per heavy atom. The van der Waals surface area contributed by atoms with E-state index < -0.39 is 0 Å². The molecule has 1 aromatic carbocycles. The second kappa shape index (κ2) is 6.81. The molecule has 0 unspecified atom stereocenters. The van der Waals surface area contributed by atoms with Gasteiger partial charge in [-0.05, 0) is 61.5 Å². The number of aromatic nitrogens is 1. The van der Waals surface area contributed by atoms with Crippen LogP contribution in [0.4, 0.5) is 5.69 Å². The van der Waals surface area contributed by atoms with E-state index in [0.29, 0.717) is 11.7 Å². The zero-order chi connectivity index (χ0) is 14.5. The Labute approximate surface area is 132 Å². The Morgan fingerprint density at radius 3 is 2.55 bits per heavy atom. The average molecular weight is 350 g/mol. The van der Waals surface area contributed by atoms with Gasteiger partial charge < -0.3 is 10.6 Å². The maximum atomic E-state index is 5.33. The first kappa shape index (κ1) is 14.9. The maximum absolute atomic E-state index is 5.33. The molecule has 1 aromatic heterocycles. The number of halogens is 1. The third-order valence-corrected chi connectivity index (χ3v) is 3.60. The fourth-order valence-corrected chi connectivity index (χ4v) is 2.80. The van der Waals surface area contributed by atoms with E-state index >= 15 is 0 Å². The van der Waals surface area contributed by atoms with Crippen LogP contribution in [0.15, 0.2) is 41.0 Å². The number of anilines is 1. The molecule has 2 rings (SSSR count). The van der Waals surface area contributed by atoms with E-state index in [-0.39, 0.29) is 0 Å². The number of rotatable bonds is 3. The molecule has 0 atom stereocenters. The fraction of sp³-hybridized carbons (Fsp3) is 0.200. The molecule has 0 bridgehead atoms. The van der Waals surface area contributed by atoms with Gasteiger partial charge in [0.1, 0.15) is 0 Å². The number of pyridine rings is 1. The van der Waals surface area contributed by atoms with E-state index in [1.807, 2.05) is 18.2 Å². The molecule has 0 saturated carbocycles. The van der Waals surface area contributed by atoms with E-state index in [1.165, 1.54) is 0 Å². The predicted molar refractivity (Wildman–Crippen MR) is 90.9 cm³/mol. The van der Waals surface area contributed by atoms with Crippen molar-refractivity contribution < 1.29 is 0 Å². The molecule has 3 nitrogen and oxygen atoms in total. The van der Waals surface area contributed by atoms with Crippen LogP contribution in [0.2, 0.25) is 0 Å². The third kappa shape index (κ3) is 4.02. The van der Waals surface area contributed by atoms with Gasteiger partial charge in [0.15, 0.2) is 5.11 Å². The molecule has 2 aromatic rings. The van der Waals surface area contributed by atoms with E-state index in [0.717, 1.165) is 27.0 Å². The van der Waals surface area contributed by atoms with E-state index in [2.05, 4.69) is 57.5 Å². The summed E-state index contributed by atoms with van der Waals surface area (Å²) in [5.74, 6) is 0. The first-order valence-electron chi connectivity index (χ1n) is 6.28. The van der Waals surface area contributed by atoms with Gasteiger partial charge in [0.2, 0.25) is 0 Å². The normalized spacial score (nSPS) is 10.2. The van der Waals surface area contributed by atoms with Gasteiger partial charge in [0.05, 0.1) is 12.2 Å². The highest BCUT2D eigenvalue weighted by Gasteiger charge is 2.06. The average Bonchev–Trinajstić information content (AvgIpc) is 2.42. The van der Waals surface area contributed by atoms with Gasteiger partial charge in [0, 0.05) is 16.4 Å². The summed E-state index contributed by atoms with van der Waals surface area (Å²) in [7, 11) is 0. The second-order valence-electron chi connectivity index (χ2n) is 4.54. The van der Waals surface area contributed by atoms with Crippen molar-refractivity contribution in [2.24, 2.45) is 0 Å². The van der Waals surface area contributed by atoms with Crippen molar-refractivity contribution in [3.63, 3.8) is 0 Å². The van der Waals surface area contributed by atoms with Crippen LogP contribution in [0.25, 0.3) is 0 Å². The highest BCUT2D eigenvalue weighted by atomic mass is 79.9. The van der Waals surface area contributed by atoms with Gasteiger partial charge in [-0.2, -0.15) is 0 Å². The minimum absolute atomic E-state index is 0.601. The van der Waals surface area contributed by atoms with Gasteiger partial charge in [-0.1, -0.05) is 22.0 Å². The first-order chi connectivity index (χ1) is 9.56. The van der Waals surface area contributed by atoms with E-state index in [4.69, 9.17) is 12.2 Å². The molecule has 0 aliphatic rings. The smallest absolute Gasteiger partial charge is 0.171 e. The summed E-state index contributed by atoms with van der Waals surface area (Å²) in [5, 5.41) is 7.01. The number of nitrogens with one attached hydrogen (secondary N) is 2. The minimum Gasteiger partial charge on any atom is -0.357 e. The molecule has 0 radical (unpaired) electrons. The highest BCUT2D eigenvalue weighted by Crippen LogP contribution is 2.24. The third-order valence-electron chi connectivity index (χ3n) is 2.89. The lowest BCUT2D eigenvalue weighted by molar-refractivity contribution is 0.882. The van der Waals surface area contributed by atoms with Gasteiger partial charge in [-0.3, -0.25) is 4.98 Å². The largest absolute Gasteiger partial charge is 0.357 e. The summed E-state index contributed by atoms with van der Waals surface area (Å²) in [6.07, 6.45) is 1.77. The first-order valence-corrected chi connectivity index (χ1v) is 7.48.